The summed E-state index contributed by atoms with van der Waals surface area (Å²) in [5, 5.41) is 2.93. The maximum atomic E-state index is 12.3. The molecule has 6 heteroatoms. The average molecular weight is 377 g/mol. The van der Waals surface area contributed by atoms with Gasteiger partial charge in [-0.15, -0.1) is 12.4 Å². The van der Waals surface area contributed by atoms with Crippen LogP contribution in [0.4, 0.5) is 11.4 Å². The van der Waals surface area contributed by atoms with Gasteiger partial charge in [0.05, 0.1) is 18.2 Å². The van der Waals surface area contributed by atoms with Crippen LogP contribution in [0.1, 0.15) is 24.8 Å². The molecule has 1 atom stereocenters. The van der Waals surface area contributed by atoms with Gasteiger partial charge < -0.3 is 20.5 Å². The normalized spacial score (nSPS) is 16.4. The molecule has 1 unspecified atom stereocenters. The number of anilines is 2. The lowest BCUT2D eigenvalue weighted by atomic mass is 10.1. The summed E-state index contributed by atoms with van der Waals surface area (Å²) in [6.07, 6.45) is 3.74. The summed E-state index contributed by atoms with van der Waals surface area (Å²) in [7, 11) is 0. The van der Waals surface area contributed by atoms with Gasteiger partial charge in [0.1, 0.15) is 12.4 Å². The summed E-state index contributed by atoms with van der Waals surface area (Å²) in [5.41, 5.74) is 7.95. The van der Waals surface area contributed by atoms with Crippen LogP contribution in [-0.4, -0.2) is 25.2 Å². The molecule has 0 aliphatic carbocycles. The molecule has 1 amide bonds. The van der Waals surface area contributed by atoms with Gasteiger partial charge in [0.2, 0.25) is 5.91 Å². The number of hydrogen-bond acceptors (Lipinski definition) is 4. The van der Waals surface area contributed by atoms with Gasteiger partial charge in [-0.3, -0.25) is 4.79 Å². The lowest BCUT2D eigenvalue weighted by molar-refractivity contribution is -0.115. The van der Waals surface area contributed by atoms with Gasteiger partial charge in [-0.2, -0.15) is 0 Å². The van der Waals surface area contributed by atoms with E-state index >= 15 is 0 Å². The second kappa shape index (κ2) is 10.0. The second-order valence-electron chi connectivity index (χ2n) is 6.26. The molecule has 0 bridgehead atoms. The molecule has 2 aromatic rings. The van der Waals surface area contributed by atoms with E-state index in [1.54, 1.807) is 12.1 Å². The van der Waals surface area contributed by atoms with Crippen molar-refractivity contribution in [1.29, 1.82) is 0 Å². The number of hydrogen-bond donors (Lipinski definition) is 2. The van der Waals surface area contributed by atoms with Crippen molar-refractivity contribution >= 4 is 29.7 Å². The van der Waals surface area contributed by atoms with Crippen LogP contribution >= 0.6 is 12.4 Å². The van der Waals surface area contributed by atoms with Crippen molar-refractivity contribution in [1.82, 2.24) is 0 Å². The Morgan fingerprint density at radius 1 is 1.15 bits per heavy atom. The van der Waals surface area contributed by atoms with Gasteiger partial charge >= 0.3 is 0 Å². The van der Waals surface area contributed by atoms with Crippen molar-refractivity contribution in [2.75, 3.05) is 24.3 Å². The molecule has 1 fully saturated rings. The number of nitrogens with two attached hydrogens (primary N) is 1. The van der Waals surface area contributed by atoms with Crippen LogP contribution in [0.5, 0.6) is 5.75 Å². The molecule has 1 heterocycles. The molecule has 0 aromatic heterocycles. The minimum absolute atomic E-state index is 0. The van der Waals surface area contributed by atoms with E-state index in [1.165, 1.54) is 6.42 Å². The summed E-state index contributed by atoms with van der Waals surface area (Å²) in [6, 6.07) is 14.8. The number of carbonyl (C=O) groups excluding carboxylic acids is 1. The van der Waals surface area contributed by atoms with Crippen molar-refractivity contribution in [3.8, 4) is 5.75 Å². The zero-order chi connectivity index (χ0) is 17.5. The third-order valence-electron chi connectivity index (χ3n) is 4.20. The van der Waals surface area contributed by atoms with Crippen LogP contribution in [0.3, 0.4) is 0 Å². The maximum Gasteiger partial charge on any atom is 0.228 e. The highest BCUT2D eigenvalue weighted by Gasteiger charge is 2.15. The highest BCUT2D eigenvalue weighted by atomic mass is 35.5. The quantitative estimate of drug-likeness (QED) is 0.751. The zero-order valence-electron chi connectivity index (χ0n) is 14.6. The highest BCUT2D eigenvalue weighted by Crippen LogP contribution is 2.25. The summed E-state index contributed by atoms with van der Waals surface area (Å²) in [4.78, 5) is 12.3. The van der Waals surface area contributed by atoms with E-state index in [2.05, 4.69) is 5.32 Å². The summed E-state index contributed by atoms with van der Waals surface area (Å²) in [6.45, 7) is 1.30. The average Bonchev–Trinajstić information content (AvgIpc) is 2.64. The van der Waals surface area contributed by atoms with E-state index in [0.29, 0.717) is 30.2 Å². The van der Waals surface area contributed by atoms with E-state index in [4.69, 9.17) is 15.2 Å². The third kappa shape index (κ3) is 5.93. The summed E-state index contributed by atoms with van der Waals surface area (Å²) < 4.78 is 11.6. The lowest BCUT2D eigenvalue weighted by Gasteiger charge is -2.23. The number of halogens is 1. The number of nitrogens with one attached hydrogen (secondary N) is 1. The molecule has 0 radical (unpaired) electrons. The van der Waals surface area contributed by atoms with Gasteiger partial charge in [-0.25, -0.2) is 0 Å². The first kappa shape index (κ1) is 20.1. The van der Waals surface area contributed by atoms with Crippen LogP contribution in [0, 0.1) is 0 Å². The smallest absolute Gasteiger partial charge is 0.228 e. The molecule has 26 heavy (non-hydrogen) atoms. The molecule has 2 aromatic carbocycles. The van der Waals surface area contributed by atoms with E-state index in [1.807, 2.05) is 36.4 Å². The Morgan fingerprint density at radius 2 is 1.92 bits per heavy atom. The molecule has 3 rings (SSSR count). The van der Waals surface area contributed by atoms with Crippen LogP contribution in [0.2, 0.25) is 0 Å². The van der Waals surface area contributed by atoms with Crippen molar-refractivity contribution in [2.45, 2.75) is 31.8 Å². The van der Waals surface area contributed by atoms with Gasteiger partial charge in [0, 0.05) is 12.3 Å². The third-order valence-corrected chi connectivity index (χ3v) is 4.20. The fourth-order valence-corrected chi connectivity index (χ4v) is 2.83. The fourth-order valence-electron chi connectivity index (χ4n) is 2.83. The molecular weight excluding hydrogens is 352 g/mol. The van der Waals surface area contributed by atoms with Crippen LogP contribution in [-0.2, 0) is 16.0 Å². The number of para-hydroxylation sites is 2. The molecule has 1 aliphatic rings. The monoisotopic (exact) mass is 376 g/mol. The number of benzene rings is 2. The molecule has 140 valence electrons. The maximum absolute atomic E-state index is 12.3. The minimum Gasteiger partial charge on any atom is -0.489 e. The standard InChI is InChI=1S/C20H24N2O3.ClH/c21-16-10-8-15(9-11-16)13-20(23)22-18-6-1-2-7-19(18)25-14-17-5-3-4-12-24-17;/h1-2,6-11,17H,3-5,12-14,21H2,(H,22,23);1H. The minimum atomic E-state index is -0.0882. The highest BCUT2D eigenvalue weighted by molar-refractivity contribution is 5.93. The van der Waals surface area contributed by atoms with Crippen molar-refractivity contribution < 1.29 is 14.3 Å². The first-order valence-corrected chi connectivity index (χ1v) is 8.68. The van der Waals surface area contributed by atoms with Crippen LogP contribution in [0.25, 0.3) is 0 Å². The Morgan fingerprint density at radius 3 is 2.65 bits per heavy atom. The molecule has 1 saturated heterocycles. The fraction of sp³-hybridized carbons (Fsp3) is 0.350. The molecule has 5 nitrogen and oxygen atoms in total. The molecule has 0 spiro atoms. The summed E-state index contributed by atoms with van der Waals surface area (Å²) >= 11 is 0. The first-order valence-electron chi connectivity index (χ1n) is 8.68. The first-order chi connectivity index (χ1) is 12.2. The SMILES string of the molecule is Cl.Nc1ccc(CC(=O)Nc2ccccc2OCC2CCCCO2)cc1. The molecular formula is C20H25ClN2O3. The Labute approximate surface area is 160 Å². The number of amides is 1. The Bertz CT molecular complexity index is 700. The topological polar surface area (TPSA) is 73.6 Å². The predicted octanol–water partition coefficient (Wildman–Crippen LogP) is 3.82. The number of rotatable bonds is 6. The van der Waals surface area contributed by atoms with Gasteiger partial charge in [-0.05, 0) is 49.1 Å². The van der Waals surface area contributed by atoms with Gasteiger partial charge in [0.15, 0.2) is 0 Å². The van der Waals surface area contributed by atoms with Crippen LogP contribution < -0.4 is 15.8 Å². The van der Waals surface area contributed by atoms with Crippen molar-refractivity contribution in [2.24, 2.45) is 0 Å². The largest absolute Gasteiger partial charge is 0.489 e. The lowest BCUT2D eigenvalue weighted by Crippen LogP contribution is -2.26. The second-order valence-corrected chi connectivity index (χ2v) is 6.26. The van der Waals surface area contributed by atoms with E-state index in [9.17, 15) is 4.79 Å². The number of carbonyl (C=O) groups is 1. The zero-order valence-corrected chi connectivity index (χ0v) is 15.5. The summed E-state index contributed by atoms with van der Waals surface area (Å²) in [5.74, 6) is 0.581. The van der Waals surface area contributed by atoms with Gasteiger partial charge in [0.25, 0.3) is 0 Å². The van der Waals surface area contributed by atoms with Gasteiger partial charge in [-0.1, -0.05) is 24.3 Å². The Hall–Kier alpha value is -2.24. The van der Waals surface area contributed by atoms with Crippen molar-refractivity contribution in [3.05, 3.63) is 54.1 Å². The Balaban J connectivity index is 0.00000243. The number of ether oxygens (including phenoxy) is 2. The van der Waals surface area contributed by atoms with E-state index < -0.39 is 0 Å². The predicted molar refractivity (Wildman–Crippen MR) is 106 cm³/mol. The van der Waals surface area contributed by atoms with E-state index in [0.717, 1.165) is 25.0 Å². The van der Waals surface area contributed by atoms with Crippen LogP contribution in [0.15, 0.2) is 48.5 Å². The van der Waals surface area contributed by atoms with Crippen molar-refractivity contribution in [3.63, 3.8) is 0 Å². The Kier molecular flexibility index (Phi) is 7.75. The number of nitrogen functional groups attached to an aromatic ring is 1. The molecule has 1 aliphatic heterocycles. The van der Waals surface area contributed by atoms with E-state index in [-0.39, 0.29) is 24.4 Å². The molecule has 3 N–H and O–H groups in total. The molecule has 0 saturated carbocycles.